The number of piperidine rings is 1. The Bertz CT molecular complexity index is 1050. The number of halogens is 3. The molecule has 3 heterocycles. The zero-order chi connectivity index (χ0) is 20.8. The molecule has 0 spiro atoms. The molecule has 1 unspecified atom stereocenters. The zero-order valence-corrected chi connectivity index (χ0v) is 16.2. The van der Waals surface area contributed by atoms with Gasteiger partial charge in [-0.15, -0.1) is 10.2 Å². The molecule has 12 heteroatoms. The van der Waals surface area contributed by atoms with Crippen LogP contribution < -0.4 is 20.1 Å². The third kappa shape index (κ3) is 3.94. The second kappa shape index (κ2) is 7.02. The van der Waals surface area contributed by atoms with E-state index in [1.165, 1.54) is 6.07 Å². The zero-order valence-electron chi connectivity index (χ0n) is 15.4. The molecule has 1 atom stereocenters. The first-order chi connectivity index (χ1) is 13.6. The average molecular weight is 428 g/mol. The van der Waals surface area contributed by atoms with Gasteiger partial charge < -0.3 is 10.6 Å². The summed E-state index contributed by atoms with van der Waals surface area (Å²) in [5, 5.41) is 14.9. The lowest BCUT2D eigenvalue weighted by Crippen LogP contribution is -2.38. The molecule has 1 aromatic carbocycles. The first-order valence-electron chi connectivity index (χ1n) is 9.01. The van der Waals surface area contributed by atoms with Crippen molar-refractivity contribution in [2.75, 3.05) is 27.9 Å². The Morgan fingerprint density at radius 3 is 2.59 bits per heavy atom. The third-order valence-corrected chi connectivity index (χ3v) is 5.83. The second-order valence-corrected chi connectivity index (χ2v) is 8.48. The summed E-state index contributed by atoms with van der Waals surface area (Å²) >= 11 is 0. The second-order valence-electron chi connectivity index (χ2n) is 7.06. The first kappa shape index (κ1) is 19.7. The van der Waals surface area contributed by atoms with E-state index in [1.54, 1.807) is 6.07 Å². The number of hydrogen-bond donors (Lipinski definition) is 4. The molecule has 8 nitrogen and oxygen atoms in total. The van der Waals surface area contributed by atoms with Crippen LogP contribution in [0, 0.1) is 6.92 Å². The lowest BCUT2D eigenvalue weighted by molar-refractivity contribution is -0.136. The Labute approximate surface area is 165 Å². The maximum absolute atomic E-state index is 13.3. The van der Waals surface area contributed by atoms with Gasteiger partial charge in [0.05, 0.1) is 22.6 Å². The van der Waals surface area contributed by atoms with E-state index < -0.39 is 27.6 Å². The highest BCUT2D eigenvalue weighted by Gasteiger charge is 2.40. The van der Waals surface area contributed by atoms with Gasteiger partial charge in [-0.3, -0.25) is 9.44 Å². The monoisotopic (exact) mass is 428 g/mol. The third-order valence-electron chi connectivity index (χ3n) is 4.88. The molecule has 29 heavy (non-hydrogen) atoms. The van der Waals surface area contributed by atoms with Crippen molar-refractivity contribution in [2.24, 2.45) is 0 Å². The molecular formula is C17H19F3N6O2S. The van der Waals surface area contributed by atoms with E-state index in [1.807, 2.05) is 11.6 Å². The van der Waals surface area contributed by atoms with Crippen LogP contribution in [0.4, 0.5) is 30.4 Å². The summed E-state index contributed by atoms with van der Waals surface area (Å²) in [4.78, 5) is 0. The Hall–Kier alpha value is -2.60. The molecule has 2 aliphatic heterocycles. The summed E-state index contributed by atoms with van der Waals surface area (Å²) in [6.45, 7) is 3.59. The molecule has 156 valence electrons. The van der Waals surface area contributed by atoms with Gasteiger partial charge in [-0.1, -0.05) is 0 Å². The number of aromatic nitrogens is 2. The maximum atomic E-state index is 13.3. The van der Waals surface area contributed by atoms with E-state index in [4.69, 9.17) is 0 Å². The van der Waals surface area contributed by atoms with E-state index in [2.05, 4.69) is 25.6 Å². The van der Waals surface area contributed by atoms with Gasteiger partial charge >= 0.3 is 16.4 Å². The van der Waals surface area contributed by atoms with Crippen LogP contribution in [0.25, 0.3) is 11.3 Å². The number of fused-ring (bicyclic) bond motifs is 1. The molecule has 0 amide bonds. The SMILES string of the molecule is Cc1cc(-c2ccc(C(F)(F)F)c3c2NS(=O)(=O)N3)nnc1NC1CCCNC1. The van der Waals surface area contributed by atoms with Crippen LogP contribution in [0.5, 0.6) is 0 Å². The molecule has 1 saturated heterocycles. The summed E-state index contributed by atoms with van der Waals surface area (Å²) in [5.74, 6) is 0.588. The van der Waals surface area contributed by atoms with Crippen molar-refractivity contribution >= 4 is 27.4 Å². The van der Waals surface area contributed by atoms with Crippen LogP contribution in [-0.4, -0.2) is 37.7 Å². The van der Waals surface area contributed by atoms with Crippen molar-refractivity contribution in [1.82, 2.24) is 15.5 Å². The number of benzene rings is 1. The van der Waals surface area contributed by atoms with Gasteiger partial charge in [0.2, 0.25) is 0 Å². The van der Waals surface area contributed by atoms with E-state index in [9.17, 15) is 21.6 Å². The van der Waals surface area contributed by atoms with Crippen molar-refractivity contribution in [3.05, 3.63) is 29.3 Å². The topological polar surface area (TPSA) is 108 Å². The number of nitrogens with zero attached hydrogens (tertiary/aromatic N) is 2. The van der Waals surface area contributed by atoms with Gasteiger partial charge in [-0.05, 0) is 50.1 Å². The molecule has 4 N–H and O–H groups in total. The van der Waals surface area contributed by atoms with E-state index in [0.717, 1.165) is 37.6 Å². The smallest absolute Gasteiger partial charge is 0.364 e. The van der Waals surface area contributed by atoms with Gasteiger partial charge in [-0.2, -0.15) is 21.6 Å². The molecule has 0 aliphatic carbocycles. The Morgan fingerprint density at radius 2 is 1.93 bits per heavy atom. The van der Waals surface area contributed by atoms with Gasteiger partial charge in [0, 0.05) is 18.2 Å². The normalized spacial score (nSPS) is 20.5. The number of rotatable bonds is 3. The molecule has 0 bridgehead atoms. The van der Waals surface area contributed by atoms with E-state index in [-0.39, 0.29) is 23.0 Å². The highest BCUT2D eigenvalue weighted by molar-refractivity contribution is 7.94. The average Bonchev–Trinajstić information content (AvgIpc) is 2.97. The number of anilines is 3. The molecule has 0 radical (unpaired) electrons. The summed E-state index contributed by atoms with van der Waals surface area (Å²) in [6, 6.07) is 3.91. The van der Waals surface area contributed by atoms with Crippen LogP contribution in [0.15, 0.2) is 18.2 Å². The summed E-state index contributed by atoms with van der Waals surface area (Å²) < 4.78 is 67.5. The lowest BCUT2D eigenvalue weighted by Gasteiger charge is -2.24. The lowest BCUT2D eigenvalue weighted by atomic mass is 10.0. The fourth-order valence-corrected chi connectivity index (χ4v) is 4.50. The molecule has 0 saturated carbocycles. The molecule has 1 fully saturated rings. The standard InChI is InChI=1S/C17H19F3N6O2S/c1-9-7-13(23-24-16(9)22-10-3-2-6-21-8-10)11-4-5-12(17(18,19)20)15-14(11)25-29(27,28)26-15/h4-5,7,10,21,25-26H,2-3,6,8H2,1H3,(H,22,24). The fourth-order valence-electron chi connectivity index (χ4n) is 3.49. The highest BCUT2D eigenvalue weighted by Crippen LogP contribution is 2.46. The van der Waals surface area contributed by atoms with Gasteiger partial charge in [-0.25, -0.2) is 0 Å². The Kier molecular flexibility index (Phi) is 4.77. The van der Waals surface area contributed by atoms with Gasteiger partial charge in [0.15, 0.2) is 5.82 Å². The van der Waals surface area contributed by atoms with Gasteiger partial charge in [0.25, 0.3) is 0 Å². The molecule has 1 aromatic heterocycles. The molecule has 2 aliphatic rings. The van der Waals surface area contributed by atoms with Crippen LogP contribution in [-0.2, 0) is 16.4 Å². The number of alkyl halides is 3. The van der Waals surface area contributed by atoms with Crippen molar-refractivity contribution in [3.8, 4) is 11.3 Å². The maximum Gasteiger partial charge on any atom is 0.418 e. The largest absolute Gasteiger partial charge is 0.418 e. The van der Waals surface area contributed by atoms with Crippen molar-refractivity contribution < 1.29 is 21.6 Å². The quantitative estimate of drug-likeness (QED) is 0.599. The molecule has 4 rings (SSSR count). The number of aryl methyl sites for hydroxylation is 1. The minimum atomic E-state index is -4.71. The summed E-state index contributed by atoms with van der Waals surface area (Å²) in [6.07, 6.45) is -2.66. The highest BCUT2D eigenvalue weighted by atomic mass is 32.2. The summed E-state index contributed by atoms with van der Waals surface area (Å²) in [7, 11) is -4.12. The fraction of sp³-hybridized carbons (Fsp3) is 0.412. The predicted molar refractivity (Wildman–Crippen MR) is 103 cm³/mol. The number of hydrogen-bond acceptors (Lipinski definition) is 6. The molecular weight excluding hydrogens is 409 g/mol. The van der Waals surface area contributed by atoms with Crippen LogP contribution in [0.2, 0.25) is 0 Å². The van der Waals surface area contributed by atoms with Gasteiger partial charge in [0.1, 0.15) is 0 Å². The Balaban J connectivity index is 1.70. The van der Waals surface area contributed by atoms with Crippen molar-refractivity contribution in [1.29, 1.82) is 0 Å². The van der Waals surface area contributed by atoms with Crippen LogP contribution >= 0.6 is 0 Å². The minimum absolute atomic E-state index is 0.189. The Morgan fingerprint density at radius 1 is 1.17 bits per heavy atom. The van der Waals surface area contributed by atoms with E-state index >= 15 is 0 Å². The number of nitrogens with one attached hydrogen (secondary N) is 4. The summed E-state index contributed by atoms with van der Waals surface area (Å²) in [5.41, 5.74) is -0.564. The predicted octanol–water partition coefficient (Wildman–Crippen LogP) is 2.72. The minimum Gasteiger partial charge on any atom is -0.364 e. The molecule has 2 aromatic rings. The van der Waals surface area contributed by atoms with Crippen molar-refractivity contribution in [3.63, 3.8) is 0 Å². The van der Waals surface area contributed by atoms with Crippen molar-refractivity contribution in [2.45, 2.75) is 32.0 Å². The van der Waals surface area contributed by atoms with Crippen LogP contribution in [0.1, 0.15) is 24.0 Å². The van der Waals surface area contributed by atoms with E-state index in [0.29, 0.717) is 5.82 Å². The van der Waals surface area contributed by atoms with Crippen LogP contribution in [0.3, 0.4) is 0 Å². The first-order valence-corrected chi connectivity index (χ1v) is 10.5.